The Bertz CT molecular complexity index is 1220. The lowest BCUT2D eigenvalue weighted by Gasteiger charge is -2.49. The molecule has 2 atom stereocenters. The molecule has 1 N–H and O–H groups in total. The first-order valence-electron chi connectivity index (χ1n) is 11.9. The van der Waals surface area contributed by atoms with Crippen LogP contribution in [-0.2, 0) is 17.6 Å². The van der Waals surface area contributed by atoms with Crippen LogP contribution in [0.1, 0.15) is 11.1 Å². The predicted octanol–water partition coefficient (Wildman–Crippen LogP) is 4.47. The molecule has 0 radical (unpaired) electrons. The van der Waals surface area contributed by atoms with Crippen molar-refractivity contribution >= 4 is 34.6 Å². The third kappa shape index (κ3) is 4.95. The van der Waals surface area contributed by atoms with Crippen molar-refractivity contribution in [1.29, 1.82) is 0 Å². The Morgan fingerprint density at radius 3 is 2.57 bits per heavy atom. The first kappa shape index (κ1) is 23.2. The fraction of sp³-hybridized carbons (Fsp3) is 0.296. The zero-order chi connectivity index (χ0) is 24.4. The molecule has 0 spiro atoms. The van der Waals surface area contributed by atoms with Crippen molar-refractivity contribution in [3.05, 3.63) is 99.1 Å². The molecule has 8 heteroatoms. The number of nitrogens with zero attached hydrogens (tertiary/aromatic N) is 3. The number of carbonyl (C=O) groups excluding carboxylic acids is 1. The minimum absolute atomic E-state index is 0.00829. The number of rotatable bonds is 6. The fourth-order valence-electron chi connectivity index (χ4n) is 5.22. The molecule has 1 fully saturated rings. The van der Waals surface area contributed by atoms with Gasteiger partial charge < -0.3 is 15.1 Å². The van der Waals surface area contributed by atoms with Crippen molar-refractivity contribution in [1.82, 2.24) is 5.32 Å². The maximum Gasteiger partial charge on any atom is 0.269 e. The van der Waals surface area contributed by atoms with Gasteiger partial charge >= 0.3 is 0 Å². The zero-order valence-corrected chi connectivity index (χ0v) is 20.0. The van der Waals surface area contributed by atoms with Gasteiger partial charge in [0.15, 0.2) is 0 Å². The summed E-state index contributed by atoms with van der Waals surface area (Å²) < 4.78 is 0. The number of halogens is 1. The van der Waals surface area contributed by atoms with Crippen molar-refractivity contribution in [2.24, 2.45) is 5.92 Å². The van der Waals surface area contributed by atoms with Crippen molar-refractivity contribution in [2.45, 2.75) is 18.9 Å². The highest BCUT2D eigenvalue weighted by Crippen LogP contribution is 2.38. The Morgan fingerprint density at radius 1 is 1.06 bits per heavy atom. The predicted molar refractivity (Wildman–Crippen MR) is 138 cm³/mol. The molecule has 1 amide bonds. The third-order valence-corrected chi connectivity index (χ3v) is 7.24. The van der Waals surface area contributed by atoms with Crippen LogP contribution < -0.4 is 15.1 Å². The van der Waals surface area contributed by atoms with Crippen LogP contribution in [0.2, 0.25) is 5.02 Å². The summed E-state index contributed by atoms with van der Waals surface area (Å²) in [4.78, 5) is 29.0. The Balaban J connectivity index is 1.39. The normalized spacial score (nSPS) is 19.0. The summed E-state index contributed by atoms with van der Waals surface area (Å²) in [5, 5.41) is 15.2. The molecule has 35 heavy (non-hydrogen) atoms. The smallest absolute Gasteiger partial charge is 0.269 e. The summed E-state index contributed by atoms with van der Waals surface area (Å²) in [5.41, 5.74) is 4.16. The Kier molecular flexibility index (Phi) is 6.59. The van der Waals surface area contributed by atoms with Crippen LogP contribution in [0.4, 0.5) is 17.1 Å². The number of nitrogens with one attached hydrogen (secondary N) is 1. The largest absolute Gasteiger partial charge is 0.368 e. The molecule has 2 aliphatic heterocycles. The average molecular weight is 491 g/mol. The number of non-ortho nitro benzene ring substituents is 1. The molecule has 5 rings (SSSR count). The van der Waals surface area contributed by atoms with Crippen LogP contribution in [0.3, 0.4) is 0 Å². The quantitative estimate of drug-likeness (QED) is 0.407. The van der Waals surface area contributed by atoms with E-state index >= 15 is 0 Å². The lowest BCUT2D eigenvalue weighted by molar-refractivity contribution is -0.384. The van der Waals surface area contributed by atoms with Crippen LogP contribution in [0, 0.1) is 16.0 Å². The van der Waals surface area contributed by atoms with E-state index in [9.17, 15) is 14.9 Å². The second-order valence-electron chi connectivity index (χ2n) is 9.09. The molecule has 0 aliphatic carbocycles. The molecule has 3 aromatic carbocycles. The van der Waals surface area contributed by atoms with Crippen molar-refractivity contribution in [3.8, 4) is 0 Å². The number of benzene rings is 3. The highest BCUT2D eigenvalue weighted by molar-refractivity contribution is 6.30. The van der Waals surface area contributed by atoms with Gasteiger partial charge in [0.2, 0.25) is 5.91 Å². The highest BCUT2D eigenvalue weighted by Gasteiger charge is 2.42. The van der Waals surface area contributed by atoms with Gasteiger partial charge in [0.25, 0.3) is 5.69 Å². The van der Waals surface area contributed by atoms with Crippen LogP contribution in [0.5, 0.6) is 0 Å². The lowest BCUT2D eigenvalue weighted by atomic mass is 9.83. The standard InChI is InChI=1S/C27H27ClN4O3/c28-21-6-8-22(9-7-21)30-14-15-31-25-11-10-23(32(34)35)16-20(25)17-24(26(31)18-30)27(33)29-13-12-19-4-2-1-3-5-19/h1-11,16,24,26H,12-15,17-18H2,(H,29,33)/t24-,26+/m1/s1. The number of amides is 1. The number of hydrogen-bond acceptors (Lipinski definition) is 5. The monoisotopic (exact) mass is 490 g/mol. The maximum atomic E-state index is 13.5. The molecule has 7 nitrogen and oxygen atoms in total. The van der Waals surface area contributed by atoms with E-state index in [1.807, 2.05) is 48.5 Å². The van der Waals surface area contributed by atoms with E-state index in [0.29, 0.717) is 24.5 Å². The number of nitro benzene ring substituents is 1. The first-order chi connectivity index (χ1) is 17.0. The number of anilines is 2. The summed E-state index contributed by atoms with van der Waals surface area (Å²) in [6, 6.07) is 22.8. The second-order valence-corrected chi connectivity index (χ2v) is 9.53. The average Bonchev–Trinajstić information content (AvgIpc) is 2.88. The van der Waals surface area contributed by atoms with E-state index < -0.39 is 0 Å². The minimum atomic E-state index is -0.375. The minimum Gasteiger partial charge on any atom is -0.368 e. The summed E-state index contributed by atoms with van der Waals surface area (Å²) >= 11 is 6.08. The Labute approximate surface area is 209 Å². The second kappa shape index (κ2) is 9.96. The molecule has 180 valence electrons. The van der Waals surface area contributed by atoms with Gasteiger partial charge in [0, 0.05) is 54.7 Å². The Hall–Kier alpha value is -3.58. The molecule has 0 bridgehead atoms. The summed E-state index contributed by atoms with van der Waals surface area (Å²) in [6.07, 6.45) is 1.23. The maximum absolute atomic E-state index is 13.5. The van der Waals surface area contributed by atoms with Gasteiger partial charge in [-0.2, -0.15) is 0 Å². The molecule has 2 heterocycles. The van der Waals surface area contributed by atoms with Gasteiger partial charge in [-0.25, -0.2) is 0 Å². The third-order valence-electron chi connectivity index (χ3n) is 6.99. The molecule has 0 aromatic heterocycles. The van der Waals surface area contributed by atoms with Gasteiger partial charge in [-0.1, -0.05) is 41.9 Å². The number of piperazine rings is 1. The van der Waals surface area contributed by atoms with Gasteiger partial charge in [-0.05, 0) is 54.3 Å². The number of hydrogen-bond donors (Lipinski definition) is 1. The van der Waals surface area contributed by atoms with E-state index in [0.717, 1.165) is 36.4 Å². The number of fused-ring (bicyclic) bond motifs is 3. The van der Waals surface area contributed by atoms with Crippen LogP contribution >= 0.6 is 11.6 Å². The topological polar surface area (TPSA) is 78.7 Å². The molecule has 1 saturated heterocycles. The molecule has 0 unspecified atom stereocenters. The lowest BCUT2D eigenvalue weighted by Crippen LogP contribution is -2.61. The van der Waals surface area contributed by atoms with Gasteiger partial charge in [-0.15, -0.1) is 0 Å². The van der Waals surface area contributed by atoms with Crippen molar-refractivity contribution in [2.75, 3.05) is 36.0 Å². The van der Waals surface area contributed by atoms with E-state index in [1.165, 1.54) is 5.56 Å². The van der Waals surface area contributed by atoms with Crippen molar-refractivity contribution in [3.63, 3.8) is 0 Å². The number of carbonyl (C=O) groups is 1. The molecule has 3 aromatic rings. The van der Waals surface area contributed by atoms with Crippen molar-refractivity contribution < 1.29 is 9.72 Å². The fourth-order valence-corrected chi connectivity index (χ4v) is 5.34. The molecule has 2 aliphatic rings. The van der Waals surface area contributed by atoms with Crippen LogP contribution in [-0.4, -0.2) is 43.1 Å². The van der Waals surface area contributed by atoms with Gasteiger partial charge in [0.1, 0.15) is 0 Å². The highest BCUT2D eigenvalue weighted by atomic mass is 35.5. The van der Waals surface area contributed by atoms with Crippen LogP contribution in [0.15, 0.2) is 72.8 Å². The summed E-state index contributed by atoms with van der Waals surface area (Å²) in [7, 11) is 0. The van der Waals surface area contributed by atoms with Crippen LogP contribution in [0.25, 0.3) is 0 Å². The van der Waals surface area contributed by atoms with E-state index in [-0.39, 0.29) is 28.5 Å². The summed E-state index contributed by atoms with van der Waals surface area (Å²) in [6.45, 7) is 2.76. The SMILES string of the molecule is O=C(NCCc1ccccc1)[C@@H]1Cc2cc([N+](=O)[O-])ccc2N2CCN(c3ccc(Cl)cc3)C[C@@H]12. The molecular weight excluding hydrogens is 464 g/mol. The molecular formula is C27H27ClN4O3. The van der Waals surface area contributed by atoms with Gasteiger partial charge in [0.05, 0.1) is 16.9 Å². The zero-order valence-electron chi connectivity index (χ0n) is 19.3. The van der Waals surface area contributed by atoms with Gasteiger partial charge in [-0.3, -0.25) is 14.9 Å². The van der Waals surface area contributed by atoms with E-state index in [1.54, 1.807) is 12.1 Å². The molecule has 0 saturated carbocycles. The number of nitro groups is 1. The first-order valence-corrected chi connectivity index (χ1v) is 12.2. The Morgan fingerprint density at radius 2 is 1.83 bits per heavy atom. The van der Waals surface area contributed by atoms with E-state index in [4.69, 9.17) is 11.6 Å². The van der Waals surface area contributed by atoms with E-state index in [2.05, 4.69) is 27.2 Å². The summed E-state index contributed by atoms with van der Waals surface area (Å²) in [5.74, 6) is -0.318.